The molecule has 1 amide bonds. The summed E-state index contributed by atoms with van der Waals surface area (Å²) in [7, 11) is 0. The van der Waals surface area contributed by atoms with E-state index in [4.69, 9.17) is 9.84 Å². The molecule has 0 atom stereocenters. The fourth-order valence-corrected chi connectivity index (χ4v) is 3.84. The Hall–Kier alpha value is -1.31. The standard InChI is InChI=1S/C17H22IN3O2/c1-17(2,3)23-16(22)20-10-8-12(9-11-20)21-15(18)13-6-4-5-7-14(13)19-21/h4-7,12H,8-11H2,1-3H3. The van der Waals surface area contributed by atoms with Gasteiger partial charge in [-0.25, -0.2) is 4.79 Å². The number of amides is 1. The van der Waals surface area contributed by atoms with Gasteiger partial charge in [0.1, 0.15) is 9.30 Å². The first-order chi connectivity index (χ1) is 10.8. The molecule has 1 aliphatic rings. The van der Waals surface area contributed by atoms with Crippen molar-refractivity contribution >= 4 is 39.6 Å². The fraction of sp³-hybridized carbons (Fsp3) is 0.529. The summed E-state index contributed by atoms with van der Waals surface area (Å²) >= 11 is 2.37. The van der Waals surface area contributed by atoms with E-state index >= 15 is 0 Å². The summed E-state index contributed by atoms with van der Waals surface area (Å²) in [6.45, 7) is 7.12. The molecule has 3 rings (SSSR count). The molecule has 1 aromatic carbocycles. The van der Waals surface area contributed by atoms with Crippen LogP contribution < -0.4 is 0 Å². The highest BCUT2D eigenvalue weighted by molar-refractivity contribution is 14.1. The zero-order valence-corrected chi connectivity index (χ0v) is 15.9. The molecule has 5 nitrogen and oxygen atoms in total. The molecule has 1 aromatic heterocycles. The van der Waals surface area contributed by atoms with Crippen molar-refractivity contribution in [2.75, 3.05) is 13.1 Å². The summed E-state index contributed by atoms with van der Waals surface area (Å²) in [4.78, 5) is 13.9. The van der Waals surface area contributed by atoms with Crippen LogP contribution in [0.15, 0.2) is 24.3 Å². The molecule has 6 heteroatoms. The Morgan fingerprint density at radius 3 is 2.52 bits per heavy atom. The molecule has 2 heterocycles. The molecule has 0 spiro atoms. The largest absolute Gasteiger partial charge is 0.444 e. The Morgan fingerprint density at radius 1 is 1.26 bits per heavy atom. The summed E-state index contributed by atoms with van der Waals surface area (Å²) in [6.07, 6.45) is 1.60. The van der Waals surface area contributed by atoms with Gasteiger partial charge in [0, 0.05) is 18.5 Å². The van der Waals surface area contributed by atoms with Gasteiger partial charge in [-0.2, -0.15) is 5.10 Å². The Labute approximate surface area is 150 Å². The van der Waals surface area contributed by atoms with E-state index in [9.17, 15) is 4.79 Å². The summed E-state index contributed by atoms with van der Waals surface area (Å²) in [6, 6.07) is 8.55. The molecule has 0 unspecified atom stereocenters. The third kappa shape index (κ3) is 3.62. The summed E-state index contributed by atoms with van der Waals surface area (Å²) in [5.41, 5.74) is 0.592. The van der Waals surface area contributed by atoms with Gasteiger partial charge in [-0.05, 0) is 62.3 Å². The maximum atomic E-state index is 12.1. The Morgan fingerprint density at radius 2 is 1.91 bits per heavy atom. The van der Waals surface area contributed by atoms with Crippen molar-refractivity contribution in [3.8, 4) is 0 Å². The van der Waals surface area contributed by atoms with Crippen molar-refractivity contribution in [1.29, 1.82) is 0 Å². The number of carbonyl (C=O) groups is 1. The van der Waals surface area contributed by atoms with Gasteiger partial charge >= 0.3 is 6.09 Å². The van der Waals surface area contributed by atoms with Crippen LogP contribution in [-0.2, 0) is 4.74 Å². The van der Waals surface area contributed by atoms with Gasteiger partial charge in [0.15, 0.2) is 0 Å². The van der Waals surface area contributed by atoms with Crippen LogP contribution >= 0.6 is 22.6 Å². The number of fused-ring (bicyclic) bond motifs is 1. The zero-order valence-electron chi connectivity index (χ0n) is 13.8. The number of carbonyl (C=O) groups excluding carboxylic acids is 1. The van der Waals surface area contributed by atoms with Gasteiger partial charge in [-0.15, -0.1) is 0 Å². The van der Waals surface area contributed by atoms with Crippen molar-refractivity contribution < 1.29 is 9.53 Å². The lowest BCUT2D eigenvalue weighted by molar-refractivity contribution is 0.0184. The zero-order chi connectivity index (χ0) is 16.6. The van der Waals surface area contributed by atoms with Crippen LogP contribution in [-0.4, -0.2) is 39.5 Å². The van der Waals surface area contributed by atoms with E-state index in [1.807, 2.05) is 39.0 Å². The second-order valence-corrected chi connectivity index (χ2v) is 7.97. The molecule has 124 valence electrons. The minimum Gasteiger partial charge on any atom is -0.444 e. The predicted octanol–water partition coefficient (Wildman–Crippen LogP) is 4.21. The lowest BCUT2D eigenvalue weighted by Crippen LogP contribution is -2.42. The van der Waals surface area contributed by atoms with Crippen LogP contribution in [0, 0.1) is 3.70 Å². The number of piperidine rings is 1. The quantitative estimate of drug-likeness (QED) is 0.641. The van der Waals surface area contributed by atoms with E-state index in [0.717, 1.165) is 18.4 Å². The van der Waals surface area contributed by atoms with Crippen LogP contribution in [0.4, 0.5) is 4.79 Å². The molecule has 1 aliphatic heterocycles. The number of likely N-dealkylation sites (tertiary alicyclic amines) is 1. The summed E-state index contributed by atoms with van der Waals surface area (Å²) in [5.74, 6) is 0. The van der Waals surface area contributed by atoms with Crippen molar-refractivity contribution in [3.05, 3.63) is 28.0 Å². The van der Waals surface area contributed by atoms with Gasteiger partial charge in [0.25, 0.3) is 0 Å². The van der Waals surface area contributed by atoms with Crippen molar-refractivity contribution in [1.82, 2.24) is 14.7 Å². The van der Waals surface area contributed by atoms with Crippen LogP contribution in [0.5, 0.6) is 0 Å². The molecular weight excluding hydrogens is 405 g/mol. The van der Waals surface area contributed by atoms with E-state index in [1.54, 1.807) is 4.90 Å². The molecule has 0 aliphatic carbocycles. The molecule has 1 saturated heterocycles. The first-order valence-corrected chi connectivity index (χ1v) is 9.04. The van der Waals surface area contributed by atoms with Gasteiger partial charge < -0.3 is 9.64 Å². The van der Waals surface area contributed by atoms with Crippen LogP contribution in [0.2, 0.25) is 0 Å². The van der Waals surface area contributed by atoms with E-state index in [0.29, 0.717) is 19.1 Å². The fourth-order valence-electron chi connectivity index (χ4n) is 2.88. The maximum Gasteiger partial charge on any atom is 0.410 e. The predicted molar refractivity (Wildman–Crippen MR) is 98.5 cm³/mol. The van der Waals surface area contributed by atoms with Gasteiger partial charge in [-0.3, -0.25) is 4.68 Å². The first-order valence-electron chi connectivity index (χ1n) is 7.96. The minimum atomic E-state index is -0.441. The molecule has 0 N–H and O–H groups in total. The number of rotatable bonds is 1. The third-order valence-electron chi connectivity index (χ3n) is 4.00. The maximum absolute atomic E-state index is 12.1. The number of benzene rings is 1. The molecule has 0 bridgehead atoms. The van der Waals surface area contributed by atoms with Crippen LogP contribution in [0.1, 0.15) is 39.7 Å². The molecule has 2 aromatic rings. The number of hydrogen-bond donors (Lipinski definition) is 0. The number of ether oxygens (including phenoxy) is 1. The average molecular weight is 427 g/mol. The average Bonchev–Trinajstić information content (AvgIpc) is 2.83. The van der Waals surface area contributed by atoms with Crippen LogP contribution in [0.3, 0.4) is 0 Å². The SMILES string of the molecule is CC(C)(C)OC(=O)N1CCC(n2nc3ccccc3c2I)CC1. The highest BCUT2D eigenvalue weighted by Gasteiger charge is 2.28. The second kappa shape index (κ2) is 6.30. The second-order valence-electron chi connectivity index (χ2n) is 6.95. The summed E-state index contributed by atoms with van der Waals surface area (Å²) < 4.78 is 8.75. The highest BCUT2D eigenvalue weighted by Crippen LogP contribution is 2.29. The van der Waals surface area contributed by atoms with E-state index in [1.165, 1.54) is 9.09 Å². The topological polar surface area (TPSA) is 47.4 Å². The Kier molecular flexibility index (Phi) is 4.53. The number of nitrogens with zero attached hydrogens (tertiary/aromatic N) is 3. The van der Waals surface area contributed by atoms with Crippen LogP contribution in [0.25, 0.3) is 10.9 Å². The van der Waals surface area contributed by atoms with E-state index in [2.05, 4.69) is 33.3 Å². The number of hydrogen-bond acceptors (Lipinski definition) is 3. The normalized spacial score (nSPS) is 16.8. The third-order valence-corrected chi connectivity index (χ3v) is 5.08. The molecular formula is C17H22IN3O2. The van der Waals surface area contributed by atoms with Crippen molar-refractivity contribution in [2.45, 2.75) is 45.3 Å². The van der Waals surface area contributed by atoms with Crippen molar-refractivity contribution in [2.24, 2.45) is 0 Å². The molecule has 1 fully saturated rings. The molecule has 0 saturated carbocycles. The van der Waals surface area contributed by atoms with Gasteiger partial charge in [0.05, 0.1) is 11.6 Å². The Bertz CT molecular complexity index is 712. The van der Waals surface area contributed by atoms with E-state index < -0.39 is 5.60 Å². The van der Waals surface area contributed by atoms with Crippen molar-refractivity contribution in [3.63, 3.8) is 0 Å². The smallest absolute Gasteiger partial charge is 0.410 e. The number of aromatic nitrogens is 2. The van der Waals surface area contributed by atoms with Gasteiger partial charge in [0.2, 0.25) is 0 Å². The molecule has 23 heavy (non-hydrogen) atoms. The molecule has 0 radical (unpaired) electrons. The van der Waals surface area contributed by atoms with Gasteiger partial charge in [-0.1, -0.05) is 18.2 Å². The number of halogens is 1. The lowest BCUT2D eigenvalue weighted by Gasteiger charge is -2.33. The Balaban J connectivity index is 1.69. The highest BCUT2D eigenvalue weighted by atomic mass is 127. The van der Waals surface area contributed by atoms with E-state index in [-0.39, 0.29) is 6.09 Å². The first kappa shape index (κ1) is 16.5. The lowest BCUT2D eigenvalue weighted by atomic mass is 10.1. The monoisotopic (exact) mass is 427 g/mol. The minimum absolute atomic E-state index is 0.212. The summed E-state index contributed by atoms with van der Waals surface area (Å²) in [5, 5.41) is 5.94.